The van der Waals surface area contributed by atoms with Crippen molar-refractivity contribution in [3.8, 4) is 0 Å². The Morgan fingerprint density at radius 2 is 1.95 bits per heavy atom. The highest BCUT2D eigenvalue weighted by Gasteiger charge is 2.36. The van der Waals surface area contributed by atoms with E-state index in [1.165, 1.54) is 0 Å². The third-order valence-corrected chi connectivity index (χ3v) is 4.66. The normalized spacial score (nSPS) is 17.2. The minimum atomic E-state index is -0.882. The van der Waals surface area contributed by atoms with Gasteiger partial charge >= 0.3 is 5.97 Å². The molecule has 0 unspecified atom stereocenters. The highest BCUT2D eigenvalue weighted by Crippen LogP contribution is 2.31. The number of carbonyl (C=O) groups is 2. The van der Waals surface area contributed by atoms with Crippen LogP contribution in [0.4, 0.5) is 5.69 Å². The van der Waals surface area contributed by atoms with Crippen LogP contribution in [0.3, 0.4) is 0 Å². The van der Waals surface area contributed by atoms with E-state index in [-0.39, 0.29) is 12.3 Å². The second-order valence-electron chi connectivity index (χ2n) is 5.60. The fourth-order valence-electron chi connectivity index (χ4n) is 2.86. The summed E-state index contributed by atoms with van der Waals surface area (Å²) in [6.07, 6.45) is 4.34. The molecule has 6 heteroatoms. The number of nitrogens with two attached hydrogens (primary N) is 1. The maximum Gasteiger partial charge on any atom is 0.305 e. The monoisotopic (exact) mass is 354 g/mol. The summed E-state index contributed by atoms with van der Waals surface area (Å²) in [5.41, 5.74) is 6.08. The van der Waals surface area contributed by atoms with Gasteiger partial charge in [0.1, 0.15) is 0 Å². The summed E-state index contributed by atoms with van der Waals surface area (Å²) in [4.78, 5) is 23.5. The third-order valence-electron chi connectivity index (χ3n) is 3.94. The van der Waals surface area contributed by atoms with Crippen LogP contribution in [0.1, 0.15) is 48.9 Å². The average Bonchev–Trinajstić information content (AvgIpc) is 2.41. The molecule has 0 radical (unpaired) electrons. The zero-order chi connectivity index (χ0) is 15.5. The molecule has 1 saturated carbocycles. The first-order chi connectivity index (χ1) is 9.92. The van der Waals surface area contributed by atoms with E-state index in [2.05, 4.69) is 21.2 Å². The standard InChI is InChI=1S/C15H19BrN2O3/c16-11-5-4-10(8-12(11)17)14(21)18-15(9-13(19)20)6-2-1-3-7-15/h4-5,8H,1-3,6-7,9,17H2,(H,18,21)(H,19,20). The number of halogens is 1. The Balaban J connectivity index is 2.17. The summed E-state index contributed by atoms with van der Waals surface area (Å²) in [6.45, 7) is 0. The van der Waals surface area contributed by atoms with E-state index in [0.717, 1.165) is 23.7 Å². The van der Waals surface area contributed by atoms with Gasteiger partial charge in [-0.1, -0.05) is 19.3 Å². The number of carboxylic acid groups (broad SMARTS) is 1. The smallest absolute Gasteiger partial charge is 0.305 e. The molecule has 0 heterocycles. The van der Waals surface area contributed by atoms with Crippen LogP contribution < -0.4 is 11.1 Å². The molecule has 21 heavy (non-hydrogen) atoms. The molecule has 5 nitrogen and oxygen atoms in total. The van der Waals surface area contributed by atoms with E-state index in [0.29, 0.717) is 24.1 Å². The van der Waals surface area contributed by atoms with Crippen molar-refractivity contribution in [3.63, 3.8) is 0 Å². The van der Waals surface area contributed by atoms with Crippen LogP contribution in [0.15, 0.2) is 22.7 Å². The Kier molecular flexibility index (Phi) is 4.88. The van der Waals surface area contributed by atoms with E-state index >= 15 is 0 Å². The van der Waals surface area contributed by atoms with Gasteiger partial charge < -0.3 is 16.2 Å². The molecule has 0 bridgehead atoms. The molecule has 0 aromatic heterocycles. The molecule has 114 valence electrons. The number of benzene rings is 1. The van der Waals surface area contributed by atoms with Crippen LogP contribution in [0.25, 0.3) is 0 Å². The van der Waals surface area contributed by atoms with Crippen molar-refractivity contribution in [2.75, 3.05) is 5.73 Å². The number of rotatable bonds is 4. The number of anilines is 1. The molecule has 0 saturated heterocycles. The predicted molar refractivity (Wildman–Crippen MR) is 84.1 cm³/mol. The van der Waals surface area contributed by atoms with Gasteiger partial charge in [0.2, 0.25) is 0 Å². The maximum absolute atomic E-state index is 12.4. The first-order valence-electron chi connectivity index (χ1n) is 7.01. The maximum atomic E-state index is 12.4. The van der Waals surface area contributed by atoms with E-state index in [4.69, 9.17) is 10.8 Å². The quantitative estimate of drug-likeness (QED) is 0.724. The number of nitrogen functional groups attached to an aromatic ring is 1. The highest BCUT2D eigenvalue weighted by atomic mass is 79.9. The summed E-state index contributed by atoms with van der Waals surface area (Å²) >= 11 is 3.29. The Hall–Kier alpha value is -1.56. The van der Waals surface area contributed by atoms with Gasteiger partial charge in [0.25, 0.3) is 5.91 Å². The third kappa shape index (κ3) is 3.97. The first-order valence-corrected chi connectivity index (χ1v) is 7.80. The fourth-order valence-corrected chi connectivity index (χ4v) is 3.11. The van der Waals surface area contributed by atoms with E-state index in [1.807, 2.05) is 0 Å². The van der Waals surface area contributed by atoms with Crippen LogP contribution >= 0.6 is 15.9 Å². The Morgan fingerprint density at radius 1 is 1.29 bits per heavy atom. The van der Waals surface area contributed by atoms with E-state index in [9.17, 15) is 9.59 Å². The molecular weight excluding hydrogens is 336 g/mol. The molecule has 0 atom stereocenters. The minimum Gasteiger partial charge on any atom is -0.481 e. The van der Waals surface area contributed by atoms with Gasteiger partial charge in [-0.05, 0) is 47.0 Å². The Morgan fingerprint density at radius 3 is 2.52 bits per heavy atom. The predicted octanol–water partition coefficient (Wildman–Crippen LogP) is 2.94. The Labute approximate surface area is 132 Å². The number of amides is 1. The second kappa shape index (κ2) is 6.47. The lowest BCUT2D eigenvalue weighted by Gasteiger charge is -2.37. The van der Waals surface area contributed by atoms with Crippen molar-refractivity contribution in [2.45, 2.75) is 44.1 Å². The Bertz CT molecular complexity index is 554. The lowest BCUT2D eigenvalue weighted by Crippen LogP contribution is -2.51. The molecule has 4 N–H and O–H groups in total. The van der Waals surface area contributed by atoms with Crippen molar-refractivity contribution < 1.29 is 14.7 Å². The van der Waals surface area contributed by atoms with Gasteiger partial charge in [-0.15, -0.1) is 0 Å². The molecule has 1 aliphatic carbocycles. The van der Waals surface area contributed by atoms with Crippen molar-refractivity contribution in [1.29, 1.82) is 0 Å². The van der Waals surface area contributed by atoms with Gasteiger partial charge in [-0.25, -0.2) is 0 Å². The van der Waals surface area contributed by atoms with Gasteiger partial charge in [0.15, 0.2) is 0 Å². The fraction of sp³-hybridized carbons (Fsp3) is 0.467. The molecule has 1 aromatic carbocycles. The molecule has 1 fully saturated rings. The van der Waals surface area contributed by atoms with Gasteiger partial charge in [0, 0.05) is 15.7 Å². The number of aliphatic carboxylic acids is 1. The summed E-state index contributed by atoms with van der Waals surface area (Å²) < 4.78 is 0.733. The number of carbonyl (C=O) groups excluding carboxylic acids is 1. The summed E-state index contributed by atoms with van der Waals surface area (Å²) in [7, 11) is 0. The molecule has 1 amide bonds. The molecule has 0 spiro atoms. The van der Waals surface area contributed by atoms with Crippen LogP contribution in [-0.2, 0) is 4.79 Å². The van der Waals surface area contributed by atoms with Gasteiger partial charge in [0.05, 0.1) is 12.0 Å². The molecule has 1 aliphatic rings. The van der Waals surface area contributed by atoms with E-state index in [1.54, 1.807) is 18.2 Å². The minimum absolute atomic E-state index is 0.0370. The first kappa shape index (κ1) is 15.8. The lowest BCUT2D eigenvalue weighted by molar-refractivity contribution is -0.139. The second-order valence-corrected chi connectivity index (χ2v) is 6.46. The number of nitrogens with one attached hydrogen (secondary N) is 1. The SMILES string of the molecule is Nc1cc(C(=O)NC2(CC(=O)O)CCCCC2)ccc1Br. The zero-order valence-electron chi connectivity index (χ0n) is 11.7. The molecule has 1 aromatic rings. The van der Waals surface area contributed by atoms with Gasteiger partial charge in [-0.2, -0.15) is 0 Å². The molecular formula is C15H19BrN2O3. The number of carboxylic acids is 1. The van der Waals surface area contributed by atoms with Gasteiger partial charge in [-0.3, -0.25) is 9.59 Å². The largest absolute Gasteiger partial charge is 0.481 e. The zero-order valence-corrected chi connectivity index (χ0v) is 13.3. The van der Waals surface area contributed by atoms with Crippen LogP contribution in [0, 0.1) is 0 Å². The van der Waals surface area contributed by atoms with E-state index < -0.39 is 11.5 Å². The van der Waals surface area contributed by atoms with Crippen LogP contribution in [0.2, 0.25) is 0 Å². The topological polar surface area (TPSA) is 92.4 Å². The lowest BCUT2D eigenvalue weighted by atomic mass is 9.79. The number of hydrogen-bond acceptors (Lipinski definition) is 3. The molecule has 2 rings (SSSR count). The number of hydrogen-bond donors (Lipinski definition) is 3. The molecule has 0 aliphatic heterocycles. The van der Waals surface area contributed by atoms with Crippen molar-refractivity contribution in [3.05, 3.63) is 28.2 Å². The summed E-state index contributed by atoms with van der Waals surface area (Å²) in [5.74, 6) is -1.15. The summed E-state index contributed by atoms with van der Waals surface area (Å²) in [6, 6.07) is 4.98. The summed E-state index contributed by atoms with van der Waals surface area (Å²) in [5, 5.41) is 12.1. The highest BCUT2D eigenvalue weighted by molar-refractivity contribution is 9.10. The average molecular weight is 355 g/mol. The van der Waals surface area contributed by atoms with Crippen LogP contribution in [-0.4, -0.2) is 22.5 Å². The van der Waals surface area contributed by atoms with Crippen molar-refractivity contribution in [1.82, 2.24) is 5.32 Å². The van der Waals surface area contributed by atoms with Crippen LogP contribution in [0.5, 0.6) is 0 Å². The van der Waals surface area contributed by atoms with Crippen molar-refractivity contribution >= 4 is 33.5 Å². The van der Waals surface area contributed by atoms with Crippen molar-refractivity contribution in [2.24, 2.45) is 0 Å².